The first-order valence-corrected chi connectivity index (χ1v) is 6.89. The van der Waals surface area contributed by atoms with Crippen LogP contribution >= 0.6 is 23.6 Å². The van der Waals surface area contributed by atoms with Gasteiger partial charge < -0.3 is 9.57 Å². The number of rotatable bonds is 4. The van der Waals surface area contributed by atoms with Crippen molar-refractivity contribution in [3.8, 4) is 0 Å². The molecule has 1 aromatic heterocycles. The van der Waals surface area contributed by atoms with E-state index >= 15 is 0 Å². The van der Waals surface area contributed by atoms with E-state index in [1.54, 1.807) is 0 Å². The summed E-state index contributed by atoms with van der Waals surface area (Å²) in [5.41, 5.74) is 1.53. The van der Waals surface area contributed by atoms with Crippen molar-refractivity contribution in [2.45, 2.75) is 13.0 Å². The second-order valence-electron chi connectivity index (χ2n) is 3.87. The summed E-state index contributed by atoms with van der Waals surface area (Å²) in [5, 5.41) is 1.83. The van der Waals surface area contributed by atoms with E-state index in [2.05, 4.69) is 0 Å². The van der Waals surface area contributed by atoms with Crippen LogP contribution in [0.1, 0.15) is 17.4 Å². The molecule has 1 heterocycles. The number of nitrogens with zero attached hydrogens (tertiary/aromatic N) is 1. The van der Waals surface area contributed by atoms with Crippen LogP contribution in [0.15, 0.2) is 35.7 Å². The zero-order valence-corrected chi connectivity index (χ0v) is 12.2. The van der Waals surface area contributed by atoms with Crippen LogP contribution in [0.3, 0.4) is 0 Å². The molecule has 2 rings (SSSR count). The SMILES string of the molecule is CO[C@H](C(=O)On1c(C)csc1=S)c1ccccc1. The van der Waals surface area contributed by atoms with Gasteiger partial charge in [0.25, 0.3) is 0 Å². The zero-order valence-electron chi connectivity index (χ0n) is 10.5. The standard InChI is InChI=1S/C13H13NO3S2/c1-9-8-19-13(18)14(9)17-12(15)11(16-2)10-6-4-3-5-7-10/h3-8,11H,1-2H3/t11-/m0/s1. The third-order valence-electron chi connectivity index (χ3n) is 2.55. The maximum absolute atomic E-state index is 12.1. The van der Waals surface area contributed by atoms with E-state index in [-0.39, 0.29) is 0 Å². The van der Waals surface area contributed by atoms with Crippen molar-refractivity contribution in [1.29, 1.82) is 0 Å². The molecular weight excluding hydrogens is 282 g/mol. The quantitative estimate of drug-likeness (QED) is 0.813. The Bertz CT molecular complexity index is 618. The molecule has 0 N–H and O–H groups in total. The molecule has 0 amide bonds. The maximum atomic E-state index is 12.1. The van der Waals surface area contributed by atoms with Crippen molar-refractivity contribution >= 4 is 29.5 Å². The van der Waals surface area contributed by atoms with Gasteiger partial charge in [0.05, 0.1) is 5.69 Å². The Balaban J connectivity index is 2.21. The number of ether oxygens (including phenoxy) is 1. The Morgan fingerprint density at radius 2 is 2.05 bits per heavy atom. The number of carbonyl (C=O) groups excluding carboxylic acids is 1. The van der Waals surface area contributed by atoms with Gasteiger partial charge in [-0.05, 0) is 24.7 Å². The fourth-order valence-corrected chi connectivity index (χ4v) is 2.59. The average molecular weight is 295 g/mol. The van der Waals surface area contributed by atoms with Gasteiger partial charge in [0.2, 0.25) is 0 Å². The van der Waals surface area contributed by atoms with Gasteiger partial charge in [0, 0.05) is 12.5 Å². The van der Waals surface area contributed by atoms with Gasteiger partial charge in [-0.25, -0.2) is 4.79 Å². The van der Waals surface area contributed by atoms with Crippen LogP contribution in [-0.4, -0.2) is 17.8 Å². The van der Waals surface area contributed by atoms with Gasteiger partial charge in [0.1, 0.15) is 0 Å². The zero-order chi connectivity index (χ0) is 13.8. The predicted molar refractivity (Wildman–Crippen MR) is 75.7 cm³/mol. The highest BCUT2D eigenvalue weighted by molar-refractivity contribution is 7.73. The molecule has 0 saturated heterocycles. The van der Waals surface area contributed by atoms with E-state index < -0.39 is 12.1 Å². The van der Waals surface area contributed by atoms with E-state index in [0.717, 1.165) is 11.3 Å². The Morgan fingerprint density at radius 3 is 2.58 bits per heavy atom. The number of aromatic nitrogens is 1. The summed E-state index contributed by atoms with van der Waals surface area (Å²) in [5.74, 6) is -0.494. The fraction of sp³-hybridized carbons (Fsp3) is 0.231. The molecule has 0 saturated carbocycles. The molecule has 0 spiro atoms. The molecule has 1 aromatic carbocycles. The third-order valence-corrected chi connectivity index (χ3v) is 3.83. The highest BCUT2D eigenvalue weighted by Gasteiger charge is 2.23. The van der Waals surface area contributed by atoms with Crippen molar-refractivity contribution in [2.24, 2.45) is 0 Å². The Labute approximate surface area is 120 Å². The van der Waals surface area contributed by atoms with Crippen molar-refractivity contribution in [3.05, 3.63) is 50.9 Å². The minimum Gasteiger partial charge on any atom is -0.365 e. The van der Waals surface area contributed by atoms with Crippen LogP contribution in [0, 0.1) is 10.9 Å². The summed E-state index contributed by atoms with van der Waals surface area (Å²) in [6, 6.07) is 9.19. The van der Waals surface area contributed by atoms with Crippen molar-refractivity contribution < 1.29 is 14.4 Å². The van der Waals surface area contributed by atoms with Crippen LogP contribution in [0.4, 0.5) is 0 Å². The van der Waals surface area contributed by atoms with Gasteiger partial charge in [0.15, 0.2) is 10.1 Å². The number of thiazole rings is 1. The number of aryl methyl sites for hydroxylation is 1. The molecule has 0 aliphatic carbocycles. The van der Waals surface area contributed by atoms with Crippen LogP contribution in [0.5, 0.6) is 0 Å². The largest absolute Gasteiger partial charge is 0.365 e. The second kappa shape index (κ2) is 6.10. The summed E-state index contributed by atoms with van der Waals surface area (Å²) in [7, 11) is 1.47. The molecule has 6 heteroatoms. The highest BCUT2D eigenvalue weighted by atomic mass is 32.1. The first-order chi connectivity index (χ1) is 9.13. The number of carbonyl (C=O) groups is 1. The monoisotopic (exact) mass is 295 g/mol. The van der Waals surface area contributed by atoms with Gasteiger partial charge in [-0.15, -0.1) is 11.3 Å². The molecule has 100 valence electrons. The summed E-state index contributed by atoms with van der Waals surface area (Å²) < 4.78 is 7.05. The van der Waals surface area contributed by atoms with Crippen LogP contribution in [-0.2, 0) is 9.53 Å². The third kappa shape index (κ3) is 3.09. The molecule has 0 aliphatic rings. The molecular formula is C13H13NO3S2. The van der Waals surface area contributed by atoms with Crippen LogP contribution in [0.2, 0.25) is 0 Å². The van der Waals surface area contributed by atoms with Crippen molar-refractivity contribution in [2.75, 3.05) is 7.11 Å². The van der Waals surface area contributed by atoms with Gasteiger partial charge in [-0.3, -0.25) is 0 Å². The summed E-state index contributed by atoms with van der Waals surface area (Å²) in [6.45, 7) is 1.82. The Hall–Kier alpha value is -1.50. The highest BCUT2D eigenvalue weighted by Crippen LogP contribution is 2.18. The van der Waals surface area contributed by atoms with Gasteiger partial charge in [-0.1, -0.05) is 30.3 Å². The Kier molecular flexibility index (Phi) is 4.47. The molecule has 0 unspecified atom stereocenters. The fourth-order valence-electron chi connectivity index (χ4n) is 1.62. The summed E-state index contributed by atoms with van der Waals surface area (Å²) in [6.07, 6.45) is -0.762. The molecule has 0 aliphatic heterocycles. The topological polar surface area (TPSA) is 40.5 Å². The lowest BCUT2D eigenvalue weighted by Crippen LogP contribution is -2.27. The van der Waals surface area contributed by atoms with Crippen molar-refractivity contribution in [1.82, 2.24) is 4.73 Å². The van der Waals surface area contributed by atoms with Gasteiger partial charge in [-0.2, -0.15) is 4.73 Å². The second-order valence-corrected chi connectivity index (χ2v) is 5.38. The molecule has 2 aromatic rings. The molecule has 1 atom stereocenters. The first-order valence-electron chi connectivity index (χ1n) is 5.60. The van der Waals surface area contributed by atoms with E-state index in [1.165, 1.54) is 23.2 Å². The van der Waals surface area contributed by atoms with E-state index in [9.17, 15) is 4.79 Å². The first kappa shape index (κ1) is 13.9. The lowest BCUT2D eigenvalue weighted by Gasteiger charge is -2.15. The Morgan fingerprint density at radius 1 is 1.37 bits per heavy atom. The van der Waals surface area contributed by atoms with E-state index in [4.69, 9.17) is 21.8 Å². The molecule has 0 fully saturated rings. The molecule has 19 heavy (non-hydrogen) atoms. The summed E-state index contributed by atoms with van der Waals surface area (Å²) in [4.78, 5) is 17.4. The number of methoxy groups -OCH3 is 1. The number of hydrogen-bond acceptors (Lipinski definition) is 5. The summed E-state index contributed by atoms with van der Waals surface area (Å²) >= 11 is 6.44. The van der Waals surface area contributed by atoms with Gasteiger partial charge >= 0.3 is 5.97 Å². The number of hydrogen-bond donors (Lipinski definition) is 0. The average Bonchev–Trinajstić information content (AvgIpc) is 2.73. The van der Waals surface area contributed by atoms with E-state index in [0.29, 0.717) is 3.95 Å². The lowest BCUT2D eigenvalue weighted by molar-refractivity contribution is -0.156. The molecule has 0 radical (unpaired) electrons. The number of benzene rings is 1. The molecule has 4 nitrogen and oxygen atoms in total. The lowest BCUT2D eigenvalue weighted by atomic mass is 10.1. The smallest absolute Gasteiger partial charge is 0.365 e. The maximum Gasteiger partial charge on any atom is 0.365 e. The normalized spacial score (nSPS) is 12.1. The van der Waals surface area contributed by atoms with Crippen LogP contribution < -0.4 is 4.84 Å². The van der Waals surface area contributed by atoms with Crippen LogP contribution in [0.25, 0.3) is 0 Å². The minimum atomic E-state index is -0.762. The molecule has 0 bridgehead atoms. The van der Waals surface area contributed by atoms with Crippen molar-refractivity contribution in [3.63, 3.8) is 0 Å². The predicted octanol–water partition coefficient (Wildman–Crippen LogP) is 2.93. The minimum absolute atomic E-state index is 0.494. The van der Waals surface area contributed by atoms with E-state index in [1.807, 2.05) is 42.6 Å².